The molecule has 0 radical (unpaired) electrons. The van der Waals surface area contributed by atoms with E-state index in [1.165, 1.54) is 10.4 Å². The van der Waals surface area contributed by atoms with E-state index in [1.807, 2.05) is 50.2 Å². The van der Waals surface area contributed by atoms with Gasteiger partial charge in [-0.15, -0.1) is 0 Å². The largest absolute Gasteiger partial charge is 0.505 e. The van der Waals surface area contributed by atoms with Crippen LogP contribution in [0.3, 0.4) is 0 Å². The second kappa shape index (κ2) is 9.89. The summed E-state index contributed by atoms with van der Waals surface area (Å²) in [5.41, 5.74) is 0. The number of ether oxygens (including phenoxy) is 3. The molecule has 2 aromatic rings. The van der Waals surface area contributed by atoms with Crippen LogP contribution < -0.4 is 10.4 Å². The topological polar surface area (TPSA) is 57.2 Å². The van der Waals surface area contributed by atoms with Crippen molar-refractivity contribution in [1.29, 1.82) is 0 Å². The van der Waals surface area contributed by atoms with E-state index in [1.54, 1.807) is 19.4 Å². The zero-order valence-corrected chi connectivity index (χ0v) is 20.9. The monoisotopic (exact) mass is 456 g/mol. The standard InChI is InChI=1S/C26H36O5Si/c1-25(2,3)32(20-13-9-7-10-14-20,21-15-11-8-12-16-21)29-19-22(27)24-23(17-18-28-6)30-26(4,5)31-24/h7-18,22-24,27H,19H2,1-6H3/b18-17+/t22-,23+,24-/m1/s1. The number of aliphatic hydroxyl groups excluding tert-OH is 1. The molecule has 1 fully saturated rings. The number of hydrogen-bond donors (Lipinski definition) is 1. The van der Waals surface area contributed by atoms with Gasteiger partial charge < -0.3 is 23.7 Å². The average molecular weight is 457 g/mol. The molecule has 5 nitrogen and oxygen atoms in total. The van der Waals surface area contributed by atoms with Crippen LogP contribution in [0.25, 0.3) is 0 Å². The molecule has 6 heteroatoms. The summed E-state index contributed by atoms with van der Waals surface area (Å²) in [4.78, 5) is 0. The molecule has 0 aliphatic carbocycles. The first-order valence-corrected chi connectivity index (χ1v) is 13.0. The number of benzene rings is 2. The zero-order valence-electron chi connectivity index (χ0n) is 19.9. The van der Waals surface area contributed by atoms with Gasteiger partial charge in [-0.1, -0.05) is 81.4 Å². The first kappa shape index (κ1) is 24.7. The lowest BCUT2D eigenvalue weighted by Gasteiger charge is -2.43. The fraction of sp³-hybridized carbons (Fsp3) is 0.462. The van der Waals surface area contributed by atoms with Crippen LogP contribution in [0.5, 0.6) is 0 Å². The smallest absolute Gasteiger partial charge is 0.261 e. The Labute approximate surface area is 193 Å². The number of hydrogen-bond acceptors (Lipinski definition) is 5. The van der Waals surface area contributed by atoms with E-state index in [0.717, 1.165) is 0 Å². The van der Waals surface area contributed by atoms with Crippen molar-refractivity contribution in [3.63, 3.8) is 0 Å². The number of methoxy groups -OCH3 is 1. The normalized spacial score (nSPS) is 22.2. The van der Waals surface area contributed by atoms with E-state index in [-0.39, 0.29) is 11.6 Å². The second-order valence-electron chi connectivity index (χ2n) is 9.67. The Morgan fingerprint density at radius 2 is 1.53 bits per heavy atom. The molecule has 1 aliphatic heterocycles. The molecular weight excluding hydrogens is 420 g/mol. The van der Waals surface area contributed by atoms with Crippen LogP contribution in [0, 0.1) is 0 Å². The van der Waals surface area contributed by atoms with Gasteiger partial charge in [0.05, 0.1) is 20.0 Å². The number of aliphatic hydroxyl groups is 1. The Bertz CT molecular complexity index is 837. The molecular formula is C26H36O5Si. The minimum absolute atomic E-state index is 0.134. The van der Waals surface area contributed by atoms with Crippen LogP contribution in [0.1, 0.15) is 34.6 Å². The fourth-order valence-electron chi connectivity index (χ4n) is 4.49. The highest BCUT2D eigenvalue weighted by atomic mass is 28.4. The Hall–Kier alpha value is -1.96. The summed E-state index contributed by atoms with van der Waals surface area (Å²) in [6.45, 7) is 10.5. The summed E-state index contributed by atoms with van der Waals surface area (Å²) in [7, 11) is -1.17. The maximum absolute atomic E-state index is 11.2. The van der Waals surface area contributed by atoms with Crippen molar-refractivity contribution < 1.29 is 23.7 Å². The SMILES string of the molecule is CO/C=C/[C@@H]1OC(C)(C)O[C@@H]1[C@H](O)CO[Si](c1ccccc1)(c1ccccc1)C(C)(C)C. The van der Waals surface area contributed by atoms with Crippen molar-refractivity contribution in [2.75, 3.05) is 13.7 Å². The first-order valence-electron chi connectivity index (χ1n) is 11.1. The summed E-state index contributed by atoms with van der Waals surface area (Å²) in [5.74, 6) is -0.800. The maximum atomic E-state index is 11.2. The van der Waals surface area contributed by atoms with Crippen molar-refractivity contribution >= 4 is 18.7 Å². The van der Waals surface area contributed by atoms with Gasteiger partial charge in [0.2, 0.25) is 0 Å². The Morgan fingerprint density at radius 3 is 2.00 bits per heavy atom. The number of rotatable bonds is 8. The van der Waals surface area contributed by atoms with Gasteiger partial charge in [-0.3, -0.25) is 0 Å². The fourth-order valence-corrected chi connectivity index (χ4v) is 9.06. The van der Waals surface area contributed by atoms with Crippen molar-refractivity contribution in [3.8, 4) is 0 Å². The highest BCUT2D eigenvalue weighted by Gasteiger charge is 2.51. The highest BCUT2D eigenvalue weighted by molar-refractivity contribution is 6.99. The third kappa shape index (κ3) is 5.16. The molecule has 174 valence electrons. The summed E-state index contributed by atoms with van der Waals surface area (Å²) in [5, 5.41) is 13.4. The first-order chi connectivity index (χ1) is 15.1. The summed E-state index contributed by atoms with van der Waals surface area (Å²) >= 11 is 0. The van der Waals surface area contributed by atoms with Crippen LogP contribution >= 0.6 is 0 Å². The quantitative estimate of drug-likeness (QED) is 0.486. The van der Waals surface area contributed by atoms with Crippen LogP contribution in [-0.4, -0.2) is 51.2 Å². The van der Waals surface area contributed by atoms with Gasteiger partial charge in [-0.05, 0) is 35.3 Å². The van der Waals surface area contributed by atoms with E-state index >= 15 is 0 Å². The van der Waals surface area contributed by atoms with Crippen LogP contribution in [0.2, 0.25) is 5.04 Å². The van der Waals surface area contributed by atoms with E-state index in [0.29, 0.717) is 0 Å². The van der Waals surface area contributed by atoms with Gasteiger partial charge in [0.15, 0.2) is 5.79 Å². The van der Waals surface area contributed by atoms with Crippen molar-refractivity contribution in [2.24, 2.45) is 0 Å². The average Bonchev–Trinajstić information content (AvgIpc) is 3.07. The predicted molar refractivity (Wildman–Crippen MR) is 130 cm³/mol. The Balaban J connectivity index is 1.95. The molecule has 0 saturated carbocycles. The lowest BCUT2D eigenvalue weighted by atomic mass is 10.1. The summed E-state index contributed by atoms with van der Waals surface area (Å²) in [6, 6.07) is 20.8. The molecule has 0 unspecified atom stereocenters. The molecule has 1 aliphatic rings. The molecule has 32 heavy (non-hydrogen) atoms. The third-order valence-electron chi connectivity index (χ3n) is 5.83. The Morgan fingerprint density at radius 1 is 1.00 bits per heavy atom. The Kier molecular flexibility index (Phi) is 7.63. The molecule has 1 heterocycles. The molecule has 1 N–H and O–H groups in total. The maximum Gasteiger partial charge on any atom is 0.261 e. The second-order valence-corrected chi connectivity index (χ2v) is 14.0. The lowest BCUT2D eigenvalue weighted by Crippen LogP contribution is -2.67. The minimum atomic E-state index is -2.75. The van der Waals surface area contributed by atoms with Gasteiger partial charge in [0.25, 0.3) is 8.32 Å². The van der Waals surface area contributed by atoms with Crippen molar-refractivity contribution in [1.82, 2.24) is 0 Å². The molecule has 0 aromatic heterocycles. The molecule has 2 aromatic carbocycles. The van der Waals surface area contributed by atoms with Crippen molar-refractivity contribution in [3.05, 3.63) is 73.0 Å². The molecule has 0 bridgehead atoms. The molecule has 3 atom stereocenters. The van der Waals surface area contributed by atoms with E-state index < -0.39 is 32.4 Å². The van der Waals surface area contributed by atoms with Gasteiger partial charge in [-0.2, -0.15) is 0 Å². The van der Waals surface area contributed by atoms with E-state index in [2.05, 4.69) is 45.0 Å². The molecule has 0 amide bonds. The molecule has 3 rings (SSSR count). The van der Waals surface area contributed by atoms with Crippen molar-refractivity contribution in [2.45, 2.75) is 63.8 Å². The molecule has 1 saturated heterocycles. The van der Waals surface area contributed by atoms with Gasteiger partial charge in [0, 0.05) is 0 Å². The summed E-state index contributed by atoms with van der Waals surface area (Å²) < 4.78 is 23.9. The highest BCUT2D eigenvalue weighted by Crippen LogP contribution is 2.37. The van der Waals surface area contributed by atoms with Crippen LogP contribution in [0.15, 0.2) is 73.0 Å². The van der Waals surface area contributed by atoms with E-state index in [4.69, 9.17) is 18.6 Å². The molecule has 0 spiro atoms. The zero-order chi connectivity index (χ0) is 23.4. The van der Waals surface area contributed by atoms with Gasteiger partial charge >= 0.3 is 0 Å². The lowest BCUT2D eigenvalue weighted by molar-refractivity contribution is -0.155. The predicted octanol–water partition coefficient (Wildman–Crippen LogP) is 3.60. The minimum Gasteiger partial charge on any atom is -0.505 e. The van der Waals surface area contributed by atoms with Crippen LogP contribution in [0.4, 0.5) is 0 Å². The van der Waals surface area contributed by atoms with Gasteiger partial charge in [-0.25, -0.2) is 0 Å². The van der Waals surface area contributed by atoms with Crippen LogP contribution in [-0.2, 0) is 18.6 Å². The van der Waals surface area contributed by atoms with Gasteiger partial charge in [0.1, 0.15) is 18.3 Å². The third-order valence-corrected chi connectivity index (χ3v) is 10.8. The van der Waals surface area contributed by atoms with E-state index in [9.17, 15) is 5.11 Å². The summed E-state index contributed by atoms with van der Waals surface area (Å²) in [6.07, 6.45) is 1.46.